The van der Waals surface area contributed by atoms with Crippen LogP contribution in [0.4, 0.5) is 0 Å². The third-order valence-electron chi connectivity index (χ3n) is 4.75. The number of ether oxygens (including phenoxy) is 3. The maximum absolute atomic E-state index is 13.8. The predicted octanol–water partition coefficient (Wildman–Crippen LogP) is 3.77. The van der Waals surface area contributed by atoms with E-state index in [1.807, 2.05) is 6.07 Å². The zero-order valence-corrected chi connectivity index (χ0v) is 19.2. The van der Waals surface area contributed by atoms with E-state index < -0.39 is 29.1 Å². The van der Waals surface area contributed by atoms with Crippen LogP contribution in [0, 0.1) is 0 Å². The van der Waals surface area contributed by atoms with E-state index in [2.05, 4.69) is 4.98 Å². The van der Waals surface area contributed by atoms with Gasteiger partial charge < -0.3 is 14.2 Å². The monoisotopic (exact) mass is 470 g/mol. The first-order valence-corrected chi connectivity index (χ1v) is 10.7. The molecular formula is C24H23ClN2O6. The van der Waals surface area contributed by atoms with Crippen molar-refractivity contribution < 1.29 is 23.8 Å². The summed E-state index contributed by atoms with van der Waals surface area (Å²) in [4.78, 5) is 43.3. The van der Waals surface area contributed by atoms with E-state index in [0.717, 1.165) is 0 Å². The molecule has 8 nitrogen and oxygen atoms in total. The summed E-state index contributed by atoms with van der Waals surface area (Å²) in [5, 5.41) is -0.0831. The zero-order chi connectivity index (χ0) is 24.0. The minimum atomic E-state index is -1.69. The van der Waals surface area contributed by atoms with Crippen LogP contribution in [-0.2, 0) is 19.1 Å². The van der Waals surface area contributed by atoms with E-state index in [4.69, 9.17) is 25.8 Å². The Morgan fingerprint density at radius 3 is 2.12 bits per heavy atom. The van der Waals surface area contributed by atoms with Crippen LogP contribution >= 0.6 is 11.6 Å². The van der Waals surface area contributed by atoms with Gasteiger partial charge in [-0.3, -0.25) is 19.0 Å². The first kappa shape index (κ1) is 24.0. The van der Waals surface area contributed by atoms with E-state index >= 15 is 0 Å². The molecular weight excluding hydrogens is 448 g/mol. The number of hydrogen-bond acceptors (Lipinski definition) is 7. The van der Waals surface area contributed by atoms with E-state index in [1.54, 1.807) is 62.4 Å². The lowest BCUT2D eigenvalue weighted by atomic mass is 10.0. The Morgan fingerprint density at radius 2 is 1.55 bits per heavy atom. The standard InChI is InChI=1S/C24H23ClN2O6/c1-4-32-23(29)18(24(30)33-5-2)19-22(28)27(16-13-9-10-14-17(16)31-3)20(21(25)26-19)15-11-7-6-8-12-15/h6-14,18H,4-5H2,1-3H3. The molecule has 1 aromatic heterocycles. The largest absolute Gasteiger partial charge is 0.495 e. The highest BCUT2D eigenvalue weighted by atomic mass is 35.5. The highest BCUT2D eigenvalue weighted by Crippen LogP contribution is 2.32. The lowest BCUT2D eigenvalue weighted by Gasteiger charge is -2.20. The fraction of sp³-hybridized carbons (Fsp3) is 0.250. The van der Waals surface area contributed by atoms with Crippen molar-refractivity contribution in [2.24, 2.45) is 0 Å². The van der Waals surface area contributed by atoms with Crippen molar-refractivity contribution in [3.8, 4) is 22.7 Å². The van der Waals surface area contributed by atoms with E-state index in [-0.39, 0.29) is 24.1 Å². The Bertz CT molecular complexity index is 1190. The molecule has 0 saturated carbocycles. The number of hydrogen-bond donors (Lipinski definition) is 0. The smallest absolute Gasteiger partial charge is 0.326 e. The van der Waals surface area contributed by atoms with Gasteiger partial charge in [-0.25, -0.2) is 4.98 Å². The van der Waals surface area contributed by atoms with Gasteiger partial charge in [-0.05, 0) is 26.0 Å². The van der Waals surface area contributed by atoms with Crippen LogP contribution in [0.15, 0.2) is 59.4 Å². The van der Waals surface area contributed by atoms with Crippen molar-refractivity contribution in [3.05, 3.63) is 75.8 Å². The van der Waals surface area contributed by atoms with Crippen molar-refractivity contribution in [2.45, 2.75) is 19.8 Å². The fourth-order valence-corrected chi connectivity index (χ4v) is 3.65. The minimum Gasteiger partial charge on any atom is -0.495 e. The number of benzene rings is 2. The summed E-state index contributed by atoms with van der Waals surface area (Å²) in [5.74, 6) is -3.21. The molecule has 0 spiro atoms. The number of nitrogens with zero attached hydrogens (tertiary/aromatic N) is 2. The molecule has 1 heterocycles. The Kier molecular flexibility index (Phi) is 7.84. The molecule has 0 aliphatic carbocycles. The van der Waals surface area contributed by atoms with Crippen LogP contribution in [0.3, 0.4) is 0 Å². The molecule has 3 aromatic rings. The summed E-state index contributed by atoms with van der Waals surface area (Å²) in [6.45, 7) is 3.19. The van der Waals surface area contributed by atoms with Gasteiger partial charge in [0.2, 0.25) is 5.92 Å². The predicted molar refractivity (Wildman–Crippen MR) is 123 cm³/mol. The van der Waals surface area contributed by atoms with Crippen molar-refractivity contribution in [3.63, 3.8) is 0 Å². The van der Waals surface area contributed by atoms with Crippen molar-refractivity contribution in [1.82, 2.24) is 9.55 Å². The SMILES string of the molecule is CCOC(=O)C(C(=O)OCC)c1nc(Cl)c(-c2ccccc2)n(-c2ccccc2OC)c1=O. The third-order valence-corrected chi connectivity index (χ3v) is 5.01. The van der Waals surface area contributed by atoms with Gasteiger partial charge >= 0.3 is 11.9 Å². The number of carbonyl (C=O) groups is 2. The molecule has 172 valence electrons. The zero-order valence-electron chi connectivity index (χ0n) is 18.4. The highest BCUT2D eigenvalue weighted by molar-refractivity contribution is 6.32. The maximum atomic E-state index is 13.8. The number of esters is 2. The molecule has 33 heavy (non-hydrogen) atoms. The first-order valence-electron chi connectivity index (χ1n) is 10.3. The van der Waals surface area contributed by atoms with Gasteiger partial charge in [-0.1, -0.05) is 54.1 Å². The number of aromatic nitrogens is 2. The van der Waals surface area contributed by atoms with Crippen molar-refractivity contribution >= 4 is 23.5 Å². The second-order valence-electron chi connectivity index (χ2n) is 6.75. The number of para-hydroxylation sites is 2. The molecule has 0 aliphatic heterocycles. The molecule has 0 unspecified atom stereocenters. The molecule has 0 saturated heterocycles. The lowest BCUT2D eigenvalue weighted by molar-refractivity contribution is -0.157. The van der Waals surface area contributed by atoms with E-state index in [9.17, 15) is 14.4 Å². The van der Waals surface area contributed by atoms with Gasteiger partial charge in [0.15, 0.2) is 5.15 Å². The quantitative estimate of drug-likeness (QED) is 0.365. The van der Waals surface area contributed by atoms with Crippen LogP contribution in [0.25, 0.3) is 16.9 Å². The Morgan fingerprint density at radius 1 is 0.970 bits per heavy atom. The molecule has 0 atom stereocenters. The van der Waals surface area contributed by atoms with E-state index in [1.165, 1.54) is 11.7 Å². The lowest BCUT2D eigenvalue weighted by Crippen LogP contribution is -2.35. The molecule has 9 heteroatoms. The van der Waals surface area contributed by atoms with Crippen LogP contribution in [-0.4, -0.2) is 41.8 Å². The van der Waals surface area contributed by atoms with Crippen molar-refractivity contribution in [2.75, 3.05) is 20.3 Å². The second kappa shape index (κ2) is 10.8. The Hall–Kier alpha value is -3.65. The summed E-state index contributed by atoms with van der Waals surface area (Å²) < 4.78 is 16.8. The summed E-state index contributed by atoms with van der Waals surface area (Å²) in [7, 11) is 1.47. The molecule has 0 aliphatic rings. The van der Waals surface area contributed by atoms with Crippen LogP contribution in [0.5, 0.6) is 5.75 Å². The van der Waals surface area contributed by atoms with Gasteiger partial charge in [0.25, 0.3) is 5.56 Å². The molecule has 0 bridgehead atoms. The molecule has 0 fully saturated rings. The van der Waals surface area contributed by atoms with E-state index in [0.29, 0.717) is 17.0 Å². The van der Waals surface area contributed by atoms with Crippen molar-refractivity contribution in [1.29, 1.82) is 0 Å². The average Bonchev–Trinajstić information content (AvgIpc) is 2.82. The maximum Gasteiger partial charge on any atom is 0.326 e. The number of methoxy groups -OCH3 is 1. The average molecular weight is 471 g/mol. The molecule has 0 N–H and O–H groups in total. The summed E-state index contributed by atoms with van der Waals surface area (Å²) in [5.41, 5.74) is 0.118. The fourth-order valence-electron chi connectivity index (χ4n) is 3.36. The Balaban J connectivity index is 2.39. The topological polar surface area (TPSA) is 96.7 Å². The van der Waals surface area contributed by atoms with Crippen LogP contribution in [0.1, 0.15) is 25.5 Å². The molecule has 0 radical (unpaired) electrons. The highest BCUT2D eigenvalue weighted by Gasteiger charge is 2.37. The molecule has 0 amide bonds. The van der Waals surface area contributed by atoms with Gasteiger partial charge in [-0.2, -0.15) is 0 Å². The number of rotatable bonds is 8. The minimum absolute atomic E-state index is 0.00523. The Labute approximate surface area is 195 Å². The summed E-state index contributed by atoms with van der Waals surface area (Å²) in [6.07, 6.45) is 0. The third kappa shape index (κ3) is 4.90. The van der Waals surface area contributed by atoms with Gasteiger partial charge in [-0.15, -0.1) is 0 Å². The van der Waals surface area contributed by atoms with Crippen LogP contribution < -0.4 is 10.3 Å². The summed E-state index contributed by atoms with van der Waals surface area (Å²) >= 11 is 6.58. The normalized spacial score (nSPS) is 10.7. The molecule has 2 aromatic carbocycles. The first-order chi connectivity index (χ1) is 15.9. The van der Waals surface area contributed by atoms with Gasteiger partial charge in [0.1, 0.15) is 11.4 Å². The van der Waals surface area contributed by atoms with Crippen LogP contribution in [0.2, 0.25) is 5.15 Å². The number of carbonyl (C=O) groups excluding carboxylic acids is 2. The number of halogens is 1. The van der Waals surface area contributed by atoms with Gasteiger partial charge in [0, 0.05) is 5.56 Å². The molecule has 3 rings (SSSR count). The second-order valence-corrected chi connectivity index (χ2v) is 7.11. The van der Waals surface area contributed by atoms with Gasteiger partial charge in [0.05, 0.1) is 31.7 Å². The summed E-state index contributed by atoms with van der Waals surface area (Å²) in [6, 6.07) is 15.7.